The summed E-state index contributed by atoms with van der Waals surface area (Å²) < 4.78 is 28.7. The van der Waals surface area contributed by atoms with Gasteiger partial charge in [0.1, 0.15) is 0 Å². The lowest BCUT2D eigenvalue weighted by Gasteiger charge is -2.15. The van der Waals surface area contributed by atoms with Gasteiger partial charge in [-0.15, -0.1) is 0 Å². The molecule has 0 radical (unpaired) electrons. The van der Waals surface area contributed by atoms with Crippen LogP contribution in [0.25, 0.3) is 11.3 Å². The first-order valence-electron chi connectivity index (χ1n) is 9.11. The van der Waals surface area contributed by atoms with Crippen molar-refractivity contribution < 1.29 is 8.42 Å². The van der Waals surface area contributed by atoms with Gasteiger partial charge in [-0.2, -0.15) is 0 Å². The zero-order valence-electron chi connectivity index (χ0n) is 15.2. The molecule has 1 aromatic heterocycles. The van der Waals surface area contributed by atoms with Gasteiger partial charge in [0, 0.05) is 5.69 Å². The summed E-state index contributed by atoms with van der Waals surface area (Å²) in [4.78, 5) is 0.343. The van der Waals surface area contributed by atoms with Gasteiger partial charge < -0.3 is 0 Å². The van der Waals surface area contributed by atoms with E-state index in [1.54, 1.807) is 16.1 Å². The maximum atomic E-state index is 13.5. The molecule has 4 rings (SSSR count). The Kier molecular flexibility index (Phi) is 4.23. The molecule has 0 bridgehead atoms. The number of nitrogens with zero attached hydrogens (tertiary/aromatic N) is 1. The average molecular weight is 365 g/mol. The number of benzene rings is 2. The number of hydrogen-bond donors (Lipinski definition) is 0. The quantitative estimate of drug-likeness (QED) is 0.663. The van der Waals surface area contributed by atoms with Crippen molar-refractivity contribution in [2.45, 2.75) is 44.4 Å². The second-order valence-corrected chi connectivity index (χ2v) is 8.83. The van der Waals surface area contributed by atoms with Crippen LogP contribution >= 0.6 is 0 Å². The van der Waals surface area contributed by atoms with Crippen LogP contribution in [0.3, 0.4) is 0 Å². The van der Waals surface area contributed by atoms with Gasteiger partial charge in [0.2, 0.25) is 0 Å². The molecule has 1 aliphatic rings. The first kappa shape index (κ1) is 17.1. The molecule has 4 heteroatoms. The maximum Gasteiger partial charge on any atom is 0.268 e. The van der Waals surface area contributed by atoms with Crippen molar-refractivity contribution >= 4 is 10.0 Å². The third-order valence-electron chi connectivity index (χ3n) is 5.30. The Balaban J connectivity index is 2.02. The third kappa shape index (κ3) is 2.69. The summed E-state index contributed by atoms with van der Waals surface area (Å²) in [5.41, 5.74) is 6.14. The Hall–Kier alpha value is -2.33. The van der Waals surface area contributed by atoms with Gasteiger partial charge in [0.15, 0.2) is 0 Å². The lowest BCUT2D eigenvalue weighted by Crippen LogP contribution is -2.16. The van der Waals surface area contributed by atoms with Crippen LogP contribution in [0, 0.1) is 13.8 Å². The Morgan fingerprint density at radius 1 is 0.808 bits per heavy atom. The zero-order valence-corrected chi connectivity index (χ0v) is 16.0. The Labute approximate surface area is 155 Å². The van der Waals surface area contributed by atoms with Crippen LogP contribution in [0.15, 0.2) is 59.5 Å². The largest absolute Gasteiger partial charge is 0.268 e. The van der Waals surface area contributed by atoms with Gasteiger partial charge in [0.25, 0.3) is 10.0 Å². The van der Waals surface area contributed by atoms with Crippen molar-refractivity contribution in [3.05, 3.63) is 77.0 Å². The van der Waals surface area contributed by atoms with Gasteiger partial charge in [-0.1, -0.05) is 48.0 Å². The van der Waals surface area contributed by atoms with Crippen molar-refractivity contribution in [2.24, 2.45) is 0 Å². The topological polar surface area (TPSA) is 39.1 Å². The Morgan fingerprint density at radius 2 is 1.42 bits per heavy atom. The van der Waals surface area contributed by atoms with Crippen molar-refractivity contribution in [3.63, 3.8) is 0 Å². The first-order valence-corrected chi connectivity index (χ1v) is 10.5. The molecular weight excluding hydrogens is 342 g/mol. The van der Waals surface area contributed by atoms with Crippen molar-refractivity contribution in [3.8, 4) is 11.3 Å². The van der Waals surface area contributed by atoms with Crippen molar-refractivity contribution in [2.75, 3.05) is 0 Å². The number of aryl methyl sites for hydroxylation is 1. The molecule has 3 aromatic rings. The van der Waals surface area contributed by atoms with E-state index in [0.29, 0.717) is 4.90 Å². The van der Waals surface area contributed by atoms with E-state index in [1.165, 1.54) is 11.1 Å². The van der Waals surface area contributed by atoms with E-state index < -0.39 is 10.0 Å². The molecule has 0 atom stereocenters. The molecule has 1 aliphatic carbocycles. The van der Waals surface area contributed by atoms with Crippen LogP contribution in [0.2, 0.25) is 0 Å². The summed E-state index contributed by atoms with van der Waals surface area (Å²) in [6.45, 7) is 3.91. The molecule has 0 saturated heterocycles. The fourth-order valence-corrected chi connectivity index (χ4v) is 5.60. The zero-order chi connectivity index (χ0) is 18.3. The van der Waals surface area contributed by atoms with Gasteiger partial charge in [0.05, 0.1) is 10.6 Å². The monoisotopic (exact) mass is 365 g/mol. The molecule has 134 valence electrons. The normalized spacial score (nSPS) is 14.2. The summed E-state index contributed by atoms with van der Waals surface area (Å²) in [6.07, 6.45) is 4.13. The standard InChI is InChI=1S/C22H23NO2S/c1-16-12-14-19(15-13-16)26(24,25)23-17(2)20-10-6-7-11-21(20)22(23)18-8-4-3-5-9-18/h3-5,8-9,12-15H,6-7,10-11H2,1-2H3. The predicted molar refractivity (Wildman–Crippen MR) is 105 cm³/mol. The summed E-state index contributed by atoms with van der Waals surface area (Å²) >= 11 is 0. The molecule has 0 N–H and O–H groups in total. The second kappa shape index (κ2) is 6.44. The molecular formula is C22H23NO2S. The number of fused-ring (bicyclic) bond motifs is 1. The highest BCUT2D eigenvalue weighted by atomic mass is 32.2. The number of aromatic nitrogens is 1. The maximum absolute atomic E-state index is 13.5. The molecule has 0 saturated carbocycles. The molecule has 0 unspecified atom stereocenters. The minimum Gasteiger partial charge on any atom is -0.238 e. The molecule has 0 spiro atoms. The fourth-order valence-electron chi connectivity index (χ4n) is 3.98. The van der Waals surface area contributed by atoms with E-state index in [9.17, 15) is 8.42 Å². The van der Waals surface area contributed by atoms with Crippen molar-refractivity contribution in [1.82, 2.24) is 3.97 Å². The highest BCUT2D eigenvalue weighted by molar-refractivity contribution is 7.90. The third-order valence-corrected chi connectivity index (χ3v) is 7.11. The molecule has 2 aromatic carbocycles. The molecule has 0 fully saturated rings. The average Bonchev–Trinajstić information content (AvgIpc) is 2.96. The number of hydrogen-bond acceptors (Lipinski definition) is 2. The molecule has 0 amide bonds. The fraction of sp³-hybridized carbons (Fsp3) is 0.273. The second-order valence-electron chi connectivity index (χ2n) is 7.05. The van der Waals surface area contributed by atoms with E-state index in [-0.39, 0.29) is 0 Å². The SMILES string of the molecule is Cc1ccc(S(=O)(=O)n2c(C)c3c(c2-c2ccccc2)CCCC3)cc1. The summed E-state index contributed by atoms with van der Waals surface area (Å²) in [5, 5.41) is 0. The lowest BCUT2D eigenvalue weighted by atomic mass is 9.91. The van der Waals surface area contributed by atoms with Gasteiger partial charge in [-0.25, -0.2) is 12.4 Å². The minimum absolute atomic E-state index is 0.343. The van der Waals surface area contributed by atoms with Crippen LogP contribution in [0.4, 0.5) is 0 Å². The van der Waals surface area contributed by atoms with Crippen LogP contribution < -0.4 is 0 Å². The molecule has 1 heterocycles. The highest BCUT2D eigenvalue weighted by Gasteiger charge is 2.30. The van der Waals surface area contributed by atoms with E-state index >= 15 is 0 Å². The van der Waals surface area contributed by atoms with Gasteiger partial charge >= 0.3 is 0 Å². The number of rotatable bonds is 3. The minimum atomic E-state index is -3.64. The van der Waals surface area contributed by atoms with Crippen LogP contribution in [0.1, 0.15) is 35.2 Å². The van der Waals surface area contributed by atoms with E-state index in [4.69, 9.17) is 0 Å². The van der Waals surface area contributed by atoms with Crippen LogP contribution in [0.5, 0.6) is 0 Å². The molecule has 0 aliphatic heterocycles. The van der Waals surface area contributed by atoms with Gasteiger partial charge in [-0.05, 0) is 68.4 Å². The predicted octanol–water partition coefficient (Wildman–Crippen LogP) is 4.89. The Bertz CT molecular complexity index is 1050. The first-order chi connectivity index (χ1) is 12.5. The van der Waals surface area contributed by atoms with E-state index in [0.717, 1.165) is 48.2 Å². The molecule has 3 nitrogen and oxygen atoms in total. The van der Waals surface area contributed by atoms with Gasteiger partial charge in [-0.3, -0.25) is 0 Å². The lowest BCUT2D eigenvalue weighted by molar-refractivity contribution is 0.586. The van der Waals surface area contributed by atoms with E-state index in [2.05, 4.69) is 0 Å². The van der Waals surface area contributed by atoms with Crippen LogP contribution in [-0.4, -0.2) is 12.4 Å². The highest BCUT2D eigenvalue weighted by Crippen LogP contribution is 2.38. The molecule has 26 heavy (non-hydrogen) atoms. The summed E-state index contributed by atoms with van der Waals surface area (Å²) in [7, 11) is -3.64. The summed E-state index contributed by atoms with van der Waals surface area (Å²) in [6, 6.07) is 17.0. The van der Waals surface area contributed by atoms with Crippen molar-refractivity contribution in [1.29, 1.82) is 0 Å². The van der Waals surface area contributed by atoms with Crippen LogP contribution in [-0.2, 0) is 22.9 Å². The smallest absolute Gasteiger partial charge is 0.238 e. The van der Waals surface area contributed by atoms with E-state index in [1.807, 2.05) is 56.3 Å². The Morgan fingerprint density at radius 3 is 2.08 bits per heavy atom. The summed E-state index contributed by atoms with van der Waals surface area (Å²) in [5.74, 6) is 0.